The average Bonchev–Trinajstić information content (AvgIpc) is 2.67. The number of aryl methyl sites for hydroxylation is 2. The Hall–Kier alpha value is -2.64. The molecule has 150 valence electrons. The molecule has 1 N–H and O–H groups in total. The van der Waals surface area contributed by atoms with E-state index >= 15 is 0 Å². The van der Waals surface area contributed by atoms with Gasteiger partial charge in [0.2, 0.25) is 5.91 Å². The Morgan fingerprint density at radius 1 is 0.931 bits per heavy atom. The van der Waals surface area contributed by atoms with Gasteiger partial charge in [-0.05, 0) is 73.5 Å². The summed E-state index contributed by atoms with van der Waals surface area (Å²) in [6.07, 6.45) is 0. The summed E-state index contributed by atoms with van der Waals surface area (Å²) in [6, 6.07) is 20.6. The van der Waals surface area contributed by atoms with Crippen LogP contribution in [0.4, 0.5) is 11.4 Å². The number of nitrogens with one attached hydrogen (secondary N) is 1. The van der Waals surface area contributed by atoms with E-state index < -0.39 is 15.9 Å². The molecule has 29 heavy (non-hydrogen) atoms. The number of benzene rings is 3. The van der Waals surface area contributed by atoms with Crippen LogP contribution in [0.25, 0.3) is 0 Å². The van der Waals surface area contributed by atoms with Crippen LogP contribution in [0.5, 0.6) is 0 Å². The molecule has 3 rings (SSSR count). The molecule has 3 aromatic carbocycles. The van der Waals surface area contributed by atoms with E-state index in [1.807, 2.05) is 32.0 Å². The molecular weight excluding hydrogens is 452 g/mol. The second-order valence-corrected chi connectivity index (χ2v) is 9.50. The first kappa shape index (κ1) is 21.1. The number of carbonyl (C=O) groups is 1. The first-order valence-corrected chi connectivity index (χ1v) is 11.2. The zero-order valence-corrected chi connectivity index (χ0v) is 18.5. The molecule has 0 fully saturated rings. The lowest BCUT2D eigenvalue weighted by atomic mass is 10.1. The SMILES string of the molecule is Cc1cc(C)cc(NC(=O)CN(c2ccc(Br)cc2)S(=O)(=O)c2ccccc2)c1. The molecule has 0 atom stereocenters. The molecule has 5 nitrogen and oxygen atoms in total. The Bertz CT molecular complexity index is 1090. The van der Waals surface area contributed by atoms with Crippen molar-refractivity contribution in [2.75, 3.05) is 16.2 Å². The predicted molar refractivity (Wildman–Crippen MR) is 120 cm³/mol. The zero-order chi connectivity index (χ0) is 21.0. The molecule has 0 aliphatic carbocycles. The molecule has 0 radical (unpaired) electrons. The summed E-state index contributed by atoms with van der Waals surface area (Å²) in [7, 11) is -3.91. The van der Waals surface area contributed by atoms with Gasteiger partial charge in [-0.1, -0.05) is 40.2 Å². The lowest BCUT2D eigenvalue weighted by Crippen LogP contribution is -2.38. The first-order chi connectivity index (χ1) is 13.8. The number of sulfonamides is 1. The van der Waals surface area contributed by atoms with E-state index in [1.165, 1.54) is 12.1 Å². The molecule has 3 aromatic rings. The highest BCUT2D eigenvalue weighted by Gasteiger charge is 2.27. The maximum Gasteiger partial charge on any atom is 0.264 e. The monoisotopic (exact) mass is 472 g/mol. The quantitative estimate of drug-likeness (QED) is 0.554. The van der Waals surface area contributed by atoms with Gasteiger partial charge in [-0.15, -0.1) is 0 Å². The van der Waals surface area contributed by atoms with E-state index in [9.17, 15) is 13.2 Å². The maximum absolute atomic E-state index is 13.2. The van der Waals surface area contributed by atoms with Crippen molar-refractivity contribution in [1.29, 1.82) is 0 Å². The Balaban J connectivity index is 1.93. The number of hydrogen-bond acceptors (Lipinski definition) is 3. The number of hydrogen-bond donors (Lipinski definition) is 1. The summed E-state index contributed by atoms with van der Waals surface area (Å²) in [4.78, 5) is 12.9. The molecular formula is C22H21BrN2O3S. The van der Waals surface area contributed by atoms with Crippen molar-refractivity contribution >= 4 is 43.2 Å². The standard InChI is InChI=1S/C22H21BrN2O3S/c1-16-12-17(2)14-19(13-16)24-22(26)15-25(20-10-8-18(23)9-11-20)29(27,28)21-6-4-3-5-7-21/h3-14H,15H2,1-2H3,(H,24,26). The highest BCUT2D eigenvalue weighted by Crippen LogP contribution is 2.25. The molecule has 0 bridgehead atoms. The molecule has 0 unspecified atom stereocenters. The first-order valence-electron chi connectivity index (χ1n) is 8.97. The summed E-state index contributed by atoms with van der Waals surface area (Å²) in [5.41, 5.74) is 3.08. The van der Waals surface area contributed by atoms with Gasteiger partial charge < -0.3 is 5.32 Å². The number of amides is 1. The van der Waals surface area contributed by atoms with Crippen LogP contribution in [-0.4, -0.2) is 20.9 Å². The molecule has 0 aliphatic rings. The minimum atomic E-state index is -3.91. The minimum absolute atomic E-state index is 0.127. The Labute approximate surface area is 179 Å². The number of rotatable bonds is 6. The van der Waals surface area contributed by atoms with Gasteiger partial charge in [0.15, 0.2) is 0 Å². The van der Waals surface area contributed by atoms with Gasteiger partial charge >= 0.3 is 0 Å². The summed E-state index contributed by atoms with van der Waals surface area (Å²) in [6.45, 7) is 3.54. The van der Waals surface area contributed by atoms with Crippen LogP contribution < -0.4 is 9.62 Å². The third-order valence-electron chi connectivity index (χ3n) is 4.24. The van der Waals surface area contributed by atoms with Crippen molar-refractivity contribution in [2.45, 2.75) is 18.7 Å². The second-order valence-electron chi connectivity index (χ2n) is 6.73. The Morgan fingerprint density at radius 3 is 2.10 bits per heavy atom. The normalized spacial score (nSPS) is 11.1. The molecule has 0 heterocycles. The van der Waals surface area contributed by atoms with Gasteiger partial charge in [-0.25, -0.2) is 8.42 Å². The summed E-state index contributed by atoms with van der Waals surface area (Å²) in [5, 5.41) is 2.80. The van der Waals surface area contributed by atoms with E-state index in [4.69, 9.17) is 0 Å². The summed E-state index contributed by atoms with van der Waals surface area (Å²) < 4.78 is 28.4. The molecule has 0 aliphatic heterocycles. The fraction of sp³-hybridized carbons (Fsp3) is 0.136. The van der Waals surface area contributed by atoms with E-state index in [0.29, 0.717) is 11.4 Å². The van der Waals surface area contributed by atoms with Gasteiger partial charge in [0.25, 0.3) is 10.0 Å². The van der Waals surface area contributed by atoms with Gasteiger partial charge in [0.1, 0.15) is 6.54 Å². The number of nitrogens with zero attached hydrogens (tertiary/aromatic N) is 1. The molecule has 1 amide bonds. The third kappa shape index (κ3) is 5.25. The maximum atomic E-state index is 13.2. The minimum Gasteiger partial charge on any atom is -0.324 e. The molecule has 0 spiro atoms. The summed E-state index contributed by atoms with van der Waals surface area (Å²) >= 11 is 3.35. The smallest absolute Gasteiger partial charge is 0.264 e. The Morgan fingerprint density at radius 2 is 1.52 bits per heavy atom. The van der Waals surface area contributed by atoms with Crippen molar-refractivity contribution < 1.29 is 13.2 Å². The van der Waals surface area contributed by atoms with E-state index in [-0.39, 0.29) is 11.4 Å². The largest absolute Gasteiger partial charge is 0.324 e. The molecule has 7 heteroatoms. The van der Waals surface area contributed by atoms with Crippen molar-refractivity contribution in [3.63, 3.8) is 0 Å². The van der Waals surface area contributed by atoms with Gasteiger partial charge in [-0.2, -0.15) is 0 Å². The molecule has 0 saturated carbocycles. The van der Waals surface area contributed by atoms with Crippen LogP contribution in [0.1, 0.15) is 11.1 Å². The molecule has 0 saturated heterocycles. The van der Waals surface area contributed by atoms with Gasteiger partial charge in [0, 0.05) is 10.2 Å². The number of halogens is 1. The van der Waals surface area contributed by atoms with Crippen LogP contribution in [0.15, 0.2) is 82.2 Å². The molecule has 0 aromatic heterocycles. The zero-order valence-electron chi connectivity index (χ0n) is 16.1. The van der Waals surface area contributed by atoms with E-state index in [2.05, 4.69) is 21.2 Å². The van der Waals surface area contributed by atoms with Crippen molar-refractivity contribution in [1.82, 2.24) is 0 Å². The second kappa shape index (κ2) is 8.80. The van der Waals surface area contributed by atoms with Crippen molar-refractivity contribution in [3.8, 4) is 0 Å². The topological polar surface area (TPSA) is 66.5 Å². The van der Waals surface area contributed by atoms with Crippen LogP contribution in [0.3, 0.4) is 0 Å². The summed E-state index contributed by atoms with van der Waals surface area (Å²) in [5.74, 6) is -0.419. The highest BCUT2D eigenvalue weighted by molar-refractivity contribution is 9.10. The fourth-order valence-electron chi connectivity index (χ4n) is 3.02. The number of carbonyl (C=O) groups excluding carboxylic acids is 1. The Kier molecular flexibility index (Phi) is 6.39. The van der Waals surface area contributed by atoms with Crippen molar-refractivity contribution in [2.24, 2.45) is 0 Å². The van der Waals surface area contributed by atoms with E-state index in [1.54, 1.807) is 42.5 Å². The van der Waals surface area contributed by atoms with Crippen molar-refractivity contribution in [3.05, 3.63) is 88.4 Å². The van der Waals surface area contributed by atoms with Crippen LogP contribution in [0.2, 0.25) is 0 Å². The fourth-order valence-corrected chi connectivity index (χ4v) is 4.73. The lowest BCUT2D eigenvalue weighted by Gasteiger charge is -2.24. The highest BCUT2D eigenvalue weighted by atomic mass is 79.9. The van der Waals surface area contributed by atoms with Crippen LogP contribution in [0, 0.1) is 13.8 Å². The van der Waals surface area contributed by atoms with Gasteiger partial charge in [0.05, 0.1) is 10.6 Å². The number of anilines is 2. The predicted octanol–water partition coefficient (Wildman–Crippen LogP) is 4.90. The van der Waals surface area contributed by atoms with Gasteiger partial charge in [-0.3, -0.25) is 9.10 Å². The van der Waals surface area contributed by atoms with E-state index in [0.717, 1.165) is 19.9 Å². The van der Waals surface area contributed by atoms with Crippen LogP contribution in [-0.2, 0) is 14.8 Å². The lowest BCUT2D eigenvalue weighted by molar-refractivity contribution is -0.114. The third-order valence-corrected chi connectivity index (χ3v) is 6.56. The van der Waals surface area contributed by atoms with Crippen LogP contribution >= 0.6 is 15.9 Å². The average molecular weight is 473 g/mol.